The predicted octanol–water partition coefficient (Wildman–Crippen LogP) is 2.91. The summed E-state index contributed by atoms with van der Waals surface area (Å²) in [5, 5.41) is 11.7. The van der Waals surface area contributed by atoms with E-state index in [-0.39, 0.29) is 23.3 Å². The molecule has 3 rings (SSSR count). The van der Waals surface area contributed by atoms with Crippen LogP contribution in [0.3, 0.4) is 0 Å². The van der Waals surface area contributed by atoms with Crippen LogP contribution in [0.1, 0.15) is 34.3 Å². The molecule has 1 amide bonds. The van der Waals surface area contributed by atoms with Crippen molar-refractivity contribution in [3.63, 3.8) is 0 Å². The van der Waals surface area contributed by atoms with Crippen molar-refractivity contribution in [1.29, 1.82) is 0 Å². The normalized spacial score (nSPS) is 14.9. The Morgan fingerprint density at radius 2 is 1.83 bits per heavy atom. The molecule has 1 saturated carbocycles. The summed E-state index contributed by atoms with van der Waals surface area (Å²) in [5.74, 6) is -2.34. The molecule has 2 aromatic carbocycles. The molecular formula is C19H18FNO3. The molecule has 24 heavy (non-hydrogen) atoms. The molecular weight excluding hydrogens is 309 g/mol. The van der Waals surface area contributed by atoms with Gasteiger partial charge in [0.1, 0.15) is 5.82 Å². The van der Waals surface area contributed by atoms with E-state index in [2.05, 4.69) is 17.4 Å². The molecule has 0 saturated heterocycles. The Labute approximate surface area is 139 Å². The third-order valence-electron chi connectivity index (χ3n) is 4.49. The minimum absolute atomic E-state index is 0.0231. The average molecular weight is 327 g/mol. The van der Waals surface area contributed by atoms with Gasteiger partial charge in [-0.05, 0) is 36.1 Å². The molecule has 2 N–H and O–H groups in total. The van der Waals surface area contributed by atoms with Crippen molar-refractivity contribution < 1.29 is 19.1 Å². The van der Waals surface area contributed by atoms with Crippen LogP contribution in [0.15, 0.2) is 48.5 Å². The van der Waals surface area contributed by atoms with E-state index in [1.807, 2.05) is 18.2 Å². The molecule has 0 radical (unpaired) electrons. The van der Waals surface area contributed by atoms with Gasteiger partial charge in [-0.3, -0.25) is 4.79 Å². The number of nitrogens with one attached hydrogen (secondary N) is 1. The lowest BCUT2D eigenvalue weighted by molar-refractivity contribution is -0.120. The predicted molar refractivity (Wildman–Crippen MR) is 87.4 cm³/mol. The molecule has 0 heterocycles. The fourth-order valence-corrected chi connectivity index (χ4v) is 2.87. The van der Waals surface area contributed by atoms with Crippen molar-refractivity contribution >= 4 is 11.9 Å². The summed E-state index contributed by atoms with van der Waals surface area (Å²) >= 11 is 0. The first-order valence-corrected chi connectivity index (χ1v) is 7.84. The molecule has 0 aliphatic heterocycles. The van der Waals surface area contributed by atoms with Gasteiger partial charge in [0.05, 0.1) is 12.0 Å². The fraction of sp³-hybridized carbons (Fsp3) is 0.263. The minimum Gasteiger partial charge on any atom is -0.478 e. The zero-order chi connectivity index (χ0) is 17.2. The number of carbonyl (C=O) groups is 2. The van der Waals surface area contributed by atoms with Crippen molar-refractivity contribution in [2.24, 2.45) is 0 Å². The van der Waals surface area contributed by atoms with E-state index in [0.717, 1.165) is 18.9 Å². The van der Waals surface area contributed by atoms with Crippen molar-refractivity contribution in [2.45, 2.75) is 24.7 Å². The lowest BCUT2D eigenvalue weighted by Gasteiger charge is -2.16. The number of halogens is 1. The highest BCUT2D eigenvalue weighted by Crippen LogP contribution is 2.47. The van der Waals surface area contributed by atoms with Gasteiger partial charge >= 0.3 is 5.97 Å². The van der Waals surface area contributed by atoms with Gasteiger partial charge in [-0.15, -0.1) is 0 Å². The summed E-state index contributed by atoms with van der Waals surface area (Å²) in [5.41, 5.74) is 1.32. The summed E-state index contributed by atoms with van der Waals surface area (Å²) < 4.78 is 13.6. The molecule has 1 aliphatic carbocycles. The van der Waals surface area contributed by atoms with Gasteiger partial charge in [0, 0.05) is 12.0 Å². The van der Waals surface area contributed by atoms with E-state index >= 15 is 0 Å². The SMILES string of the molecule is O=C(Cc1ccc(C(=O)O)c(F)c1)NCC1(c2ccccc2)CC1. The summed E-state index contributed by atoms with van der Waals surface area (Å²) in [7, 11) is 0. The third-order valence-corrected chi connectivity index (χ3v) is 4.49. The number of hydrogen-bond acceptors (Lipinski definition) is 2. The van der Waals surface area contributed by atoms with Crippen LogP contribution in [0.25, 0.3) is 0 Å². The van der Waals surface area contributed by atoms with Crippen LogP contribution in [-0.2, 0) is 16.6 Å². The standard InChI is InChI=1S/C19H18FNO3/c20-16-10-13(6-7-15(16)18(23)24)11-17(22)21-12-19(8-9-19)14-4-2-1-3-5-14/h1-7,10H,8-9,11-12H2,(H,21,22)(H,23,24). The average Bonchev–Trinajstić information content (AvgIpc) is 3.35. The summed E-state index contributed by atoms with van der Waals surface area (Å²) in [6.45, 7) is 0.561. The number of rotatable bonds is 6. The molecule has 1 fully saturated rings. The lowest BCUT2D eigenvalue weighted by atomic mass is 9.96. The number of amides is 1. The molecule has 124 valence electrons. The second kappa shape index (κ2) is 6.43. The van der Waals surface area contributed by atoms with Crippen LogP contribution in [-0.4, -0.2) is 23.5 Å². The number of carbonyl (C=O) groups excluding carboxylic acids is 1. The zero-order valence-corrected chi connectivity index (χ0v) is 13.1. The van der Waals surface area contributed by atoms with Gasteiger partial charge in [-0.2, -0.15) is 0 Å². The Morgan fingerprint density at radius 3 is 2.42 bits per heavy atom. The fourth-order valence-electron chi connectivity index (χ4n) is 2.87. The van der Waals surface area contributed by atoms with Gasteiger partial charge in [0.25, 0.3) is 0 Å². The first kappa shape index (κ1) is 16.2. The zero-order valence-electron chi connectivity index (χ0n) is 13.1. The van der Waals surface area contributed by atoms with Crippen LogP contribution < -0.4 is 5.32 Å². The van der Waals surface area contributed by atoms with Gasteiger partial charge in [-0.25, -0.2) is 9.18 Å². The molecule has 0 bridgehead atoms. The van der Waals surface area contributed by atoms with Crippen molar-refractivity contribution in [3.8, 4) is 0 Å². The Balaban J connectivity index is 1.59. The topological polar surface area (TPSA) is 66.4 Å². The minimum atomic E-state index is -1.32. The molecule has 0 aromatic heterocycles. The number of aromatic carboxylic acids is 1. The van der Waals surface area contributed by atoms with E-state index in [0.29, 0.717) is 12.1 Å². The lowest BCUT2D eigenvalue weighted by Crippen LogP contribution is -2.33. The number of hydrogen-bond donors (Lipinski definition) is 2. The van der Waals surface area contributed by atoms with Crippen molar-refractivity contribution in [2.75, 3.05) is 6.54 Å². The van der Waals surface area contributed by atoms with Crippen molar-refractivity contribution in [1.82, 2.24) is 5.32 Å². The molecule has 1 aliphatic rings. The highest BCUT2D eigenvalue weighted by atomic mass is 19.1. The Bertz CT molecular complexity index is 769. The van der Waals surface area contributed by atoms with Crippen LogP contribution in [0, 0.1) is 5.82 Å². The van der Waals surface area contributed by atoms with Gasteiger partial charge in [0.2, 0.25) is 5.91 Å². The number of carboxylic acids is 1. The first-order chi connectivity index (χ1) is 11.5. The van der Waals surface area contributed by atoms with E-state index in [1.54, 1.807) is 0 Å². The number of benzene rings is 2. The molecule has 2 aromatic rings. The smallest absolute Gasteiger partial charge is 0.338 e. The van der Waals surface area contributed by atoms with E-state index in [9.17, 15) is 14.0 Å². The molecule has 5 heteroatoms. The molecule has 0 unspecified atom stereocenters. The van der Waals surface area contributed by atoms with Crippen LogP contribution >= 0.6 is 0 Å². The van der Waals surface area contributed by atoms with Gasteiger partial charge < -0.3 is 10.4 Å². The van der Waals surface area contributed by atoms with E-state index < -0.39 is 11.8 Å². The van der Waals surface area contributed by atoms with Gasteiger partial charge in [-0.1, -0.05) is 36.4 Å². The van der Waals surface area contributed by atoms with Crippen LogP contribution in [0.5, 0.6) is 0 Å². The maximum absolute atomic E-state index is 13.6. The summed E-state index contributed by atoms with van der Waals surface area (Å²) in [6.07, 6.45) is 2.11. The van der Waals surface area contributed by atoms with Crippen LogP contribution in [0.2, 0.25) is 0 Å². The monoisotopic (exact) mass is 327 g/mol. The number of carboxylic acid groups (broad SMARTS) is 1. The third kappa shape index (κ3) is 3.45. The first-order valence-electron chi connectivity index (χ1n) is 7.84. The molecule has 0 atom stereocenters. The van der Waals surface area contributed by atoms with Crippen molar-refractivity contribution in [3.05, 3.63) is 71.0 Å². The Morgan fingerprint density at radius 1 is 1.12 bits per heavy atom. The summed E-state index contributed by atoms with van der Waals surface area (Å²) in [4.78, 5) is 22.9. The van der Waals surface area contributed by atoms with E-state index in [1.165, 1.54) is 17.7 Å². The largest absolute Gasteiger partial charge is 0.478 e. The maximum Gasteiger partial charge on any atom is 0.338 e. The van der Waals surface area contributed by atoms with Gasteiger partial charge in [0.15, 0.2) is 0 Å². The highest BCUT2D eigenvalue weighted by Gasteiger charge is 2.44. The maximum atomic E-state index is 13.6. The Hall–Kier alpha value is -2.69. The molecule has 4 nitrogen and oxygen atoms in total. The molecule has 0 spiro atoms. The highest BCUT2D eigenvalue weighted by molar-refractivity contribution is 5.88. The quantitative estimate of drug-likeness (QED) is 0.857. The second-order valence-electron chi connectivity index (χ2n) is 6.22. The summed E-state index contributed by atoms with van der Waals surface area (Å²) in [6, 6.07) is 13.8. The van der Waals surface area contributed by atoms with Crippen LogP contribution in [0.4, 0.5) is 4.39 Å². The second-order valence-corrected chi connectivity index (χ2v) is 6.22. The Kier molecular flexibility index (Phi) is 4.34. The van der Waals surface area contributed by atoms with E-state index in [4.69, 9.17) is 5.11 Å².